The van der Waals surface area contributed by atoms with Crippen molar-refractivity contribution in [3.05, 3.63) is 0 Å². The summed E-state index contributed by atoms with van der Waals surface area (Å²) in [5.74, 6) is 0. The van der Waals surface area contributed by atoms with Gasteiger partial charge in [0.1, 0.15) is 0 Å². The fraction of sp³-hybridized carbons (Fsp3) is 0. The quantitative estimate of drug-likeness (QED) is 0.288. The second kappa shape index (κ2) is 14.4. The Morgan fingerprint density at radius 2 is 0.267 bits per heavy atom. The fourth-order valence-electron chi connectivity index (χ4n) is 8.17. The molecule has 0 atom stereocenters. The molecule has 0 aliphatic heterocycles. The molecule has 0 nitrogen and oxygen atoms in total. The highest BCUT2D eigenvalue weighted by molar-refractivity contribution is 8.27. The van der Waals surface area contributed by atoms with Crippen LogP contribution in [0.3, 0.4) is 0 Å². The molecule has 0 radical (unpaired) electrons. The molecule has 0 bridgehead atoms. The zero-order valence-corrected chi connectivity index (χ0v) is 24.1. The average molecular weight is 357 g/mol. The molecule has 0 fully saturated rings. The van der Waals surface area contributed by atoms with Gasteiger partial charge in [0.05, 0.1) is 124 Å². The van der Waals surface area contributed by atoms with E-state index < -0.39 is 0 Å². The van der Waals surface area contributed by atoms with E-state index in [1.54, 1.807) is 0 Å². The summed E-state index contributed by atoms with van der Waals surface area (Å²) in [5, 5.41) is 0. The van der Waals surface area contributed by atoms with Gasteiger partial charge in [-0.25, -0.2) is 0 Å². The average Bonchev–Trinajstić information content (AvgIpc) is 2.50. The summed E-state index contributed by atoms with van der Waals surface area (Å²) in [6.07, 6.45) is 10.6. The molecule has 0 aromatic carbocycles. The summed E-state index contributed by atoms with van der Waals surface area (Å²) in [4.78, 5) is 0. The van der Waals surface area contributed by atoms with E-state index in [1.165, 1.54) is 0 Å². The molecule has 0 saturated heterocycles. The Morgan fingerprint density at radius 1 is 0.167 bits per heavy atom. The van der Waals surface area contributed by atoms with Crippen molar-refractivity contribution in [2.45, 2.75) is 0 Å². The highest BCUT2D eigenvalue weighted by Crippen LogP contribution is 2.14. The van der Waals surface area contributed by atoms with E-state index in [-0.39, 0.29) is 0 Å². The first kappa shape index (κ1) is 31.9. The standard InChI is InChI=1S/B30H32/c1-17(2)25(18(3)4)29(26(19(5)6)20(7)8)30(27(21(9)10)22(11)12)28(23(13)14)24(15)16/h1-16H2. The molecular formula is H32B30. The van der Waals surface area contributed by atoms with Crippen LogP contribution in [0.5, 0.6) is 0 Å². The first-order valence-corrected chi connectivity index (χ1v) is 13.6. The maximum absolute atomic E-state index is 2.51. The Morgan fingerprint density at radius 3 is 0.333 bits per heavy atom. The van der Waals surface area contributed by atoms with Crippen LogP contribution in [0.4, 0.5) is 0 Å². The van der Waals surface area contributed by atoms with Crippen molar-refractivity contribution >= 4 is 213 Å². The van der Waals surface area contributed by atoms with Crippen LogP contribution in [0.1, 0.15) is 0 Å². The van der Waals surface area contributed by atoms with Gasteiger partial charge in [-0.15, -0.1) is 0 Å². The van der Waals surface area contributed by atoms with Gasteiger partial charge in [-0.1, -0.05) is 0 Å². The third-order valence-corrected chi connectivity index (χ3v) is 8.38. The van der Waals surface area contributed by atoms with Gasteiger partial charge in [0.2, 0.25) is 0 Å². The van der Waals surface area contributed by atoms with Crippen LogP contribution in [0.2, 0.25) is 0 Å². The molecule has 0 unspecified atom stereocenters. The summed E-state index contributed by atoms with van der Waals surface area (Å²) in [6.45, 7) is 0. The number of rotatable bonds is 13. The van der Waals surface area contributed by atoms with E-state index in [2.05, 4.69) is 124 Å². The summed E-state index contributed by atoms with van der Waals surface area (Å²) < 4.78 is 0. The van der Waals surface area contributed by atoms with E-state index in [0.717, 1.165) is 89.4 Å². The summed E-state index contributed by atoms with van der Waals surface area (Å²) in [5.41, 5.74) is 0. The lowest BCUT2D eigenvalue weighted by Gasteiger charge is -2.49. The summed E-state index contributed by atoms with van der Waals surface area (Å²) >= 11 is 0. The van der Waals surface area contributed by atoms with Crippen LogP contribution in [0.15, 0.2) is 0 Å². The normalized spacial score (nSPS) is 9.47. The third-order valence-electron chi connectivity index (χ3n) is 8.38. The summed E-state index contributed by atoms with van der Waals surface area (Å²) in [7, 11) is 40.1. The minimum atomic E-state index is 0.734. The van der Waals surface area contributed by atoms with Gasteiger partial charge in [0.25, 0.3) is 0 Å². The smallest absolute Gasteiger partial charge is 0.000225 e. The van der Waals surface area contributed by atoms with Crippen molar-refractivity contribution in [1.82, 2.24) is 0 Å². The van der Waals surface area contributed by atoms with Gasteiger partial charge < -0.3 is 0 Å². The van der Waals surface area contributed by atoms with Crippen molar-refractivity contribution in [2.75, 3.05) is 0 Å². The maximum atomic E-state index is 2.51. The zero-order chi connectivity index (χ0) is 24.1. The van der Waals surface area contributed by atoms with Crippen molar-refractivity contribution in [1.29, 1.82) is 0 Å². The van der Waals surface area contributed by atoms with E-state index in [4.69, 9.17) is 0 Å². The van der Waals surface area contributed by atoms with Crippen LogP contribution in [0.25, 0.3) is 0 Å². The van der Waals surface area contributed by atoms with Gasteiger partial charge in [0, 0.05) is 89.4 Å². The molecule has 30 heavy (non-hydrogen) atoms. The topological polar surface area (TPSA) is 0 Å². The van der Waals surface area contributed by atoms with Crippen molar-refractivity contribution in [3.8, 4) is 0 Å². The second-order valence-corrected chi connectivity index (χ2v) is 13.4. The minimum absolute atomic E-state index is 0.734. The molecule has 0 aliphatic rings. The molecule has 0 spiro atoms. The fourth-order valence-corrected chi connectivity index (χ4v) is 8.17. The van der Waals surface area contributed by atoms with Crippen LogP contribution >= 0.6 is 0 Å². The van der Waals surface area contributed by atoms with Gasteiger partial charge in [-0.2, -0.15) is 0 Å². The van der Waals surface area contributed by atoms with E-state index in [9.17, 15) is 0 Å². The predicted octanol–water partition coefficient (Wildman–Crippen LogP) is -20.0. The monoisotopic (exact) mass is 363 g/mol. The largest absolute Gasteiger partial charge is 0.0552 e. The highest BCUT2D eigenvalue weighted by Gasteiger charge is 2.53. The molecular weight excluding hydrogens is 324 g/mol. The van der Waals surface area contributed by atoms with Gasteiger partial charge >= 0.3 is 0 Å². The lowest BCUT2D eigenvalue weighted by molar-refractivity contribution is 3.25. The minimum Gasteiger partial charge on any atom is 0.000225 e. The van der Waals surface area contributed by atoms with Crippen LogP contribution in [-0.4, -0.2) is 213 Å². The van der Waals surface area contributed by atoms with Crippen molar-refractivity contribution in [2.24, 2.45) is 0 Å². The first-order valence-electron chi connectivity index (χ1n) is 13.6. The molecule has 0 aromatic rings. The molecule has 0 rings (SSSR count). The van der Waals surface area contributed by atoms with Gasteiger partial charge in [-0.3, -0.25) is 0 Å². The molecule has 0 amide bonds. The molecule has 0 heterocycles. The Bertz CT molecular complexity index is 323. The second-order valence-electron chi connectivity index (χ2n) is 13.4. The zero-order valence-electron chi connectivity index (χ0n) is 24.1. The maximum Gasteiger partial charge on any atom is 0.0552 e. The van der Waals surface area contributed by atoms with Gasteiger partial charge in [-0.05, 0) is 0 Å². The van der Waals surface area contributed by atoms with Crippen molar-refractivity contribution in [3.63, 3.8) is 0 Å². The Balaban J connectivity index is 7.14. The van der Waals surface area contributed by atoms with E-state index in [0.29, 0.717) is 0 Å². The molecule has 0 aliphatic carbocycles. The van der Waals surface area contributed by atoms with Crippen LogP contribution in [-0.2, 0) is 0 Å². The van der Waals surface area contributed by atoms with Crippen LogP contribution in [0, 0.1) is 0 Å². The van der Waals surface area contributed by atoms with E-state index >= 15 is 0 Å². The Kier molecular flexibility index (Phi) is 15.3. The Labute approximate surface area is 212 Å². The van der Waals surface area contributed by atoms with Gasteiger partial charge in [0.15, 0.2) is 0 Å². The lowest BCUT2D eigenvalue weighted by Crippen LogP contribution is -2.88. The summed E-state index contributed by atoms with van der Waals surface area (Å²) in [6, 6.07) is 0. The predicted molar refractivity (Wildman–Crippen MR) is 217 cm³/mol. The van der Waals surface area contributed by atoms with Crippen molar-refractivity contribution < 1.29 is 0 Å². The molecule has 30 heteroatoms. The SMILES string of the molecule is BB(B)B(B(B)B)B(B(B(B)B)B(B)B)B(B(B(B)B)B(B)B)B(B(B)B)B(B)B. The Hall–Kier alpha value is 1.95. The molecule has 122 valence electrons. The van der Waals surface area contributed by atoms with Crippen LogP contribution < -0.4 is 0 Å². The molecule has 0 saturated carbocycles. The number of hydrogen-bond donors (Lipinski definition) is 0. The molecule has 0 N–H and O–H groups in total. The number of hydrogen-bond acceptors (Lipinski definition) is 0. The third kappa shape index (κ3) is 8.62. The van der Waals surface area contributed by atoms with E-state index in [1.807, 2.05) is 0 Å². The first-order chi connectivity index (χ1) is 13.6. The molecule has 0 aromatic heterocycles. The highest BCUT2D eigenvalue weighted by atomic mass is 13.3. The lowest BCUT2D eigenvalue weighted by atomic mass is 8.31.